The molecule has 4 nitrogen and oxygen atoms in total. The van der Waals surface area contributed by atoms with Crippen LogP contribution in [0.1, 0.15) is 12.8 Å². The summed E-state index contributed by atoms with van der Waals surface area (Å²) < 4.78 is 10.8. The van der Waals surface area contributed by atoms with Crippen LogP contribution >= 0.6 is 23.2 Å². The topological polar surface area (TPSA) is 38.8 Å². The molecule has 2 rings (SSSR count). The van der Waals surface area contributed by atoms with Gasteiger partial charge < -0.3 is 14.4 Å². The number of carbonyl (C=O) groups is 1. The van der Waals surface area contributed by atoms with Gasteiger partial charge in [-0.15, -0.1) is 0 Å². The third-order valence-corrected chi connectivity index (χ3v) is 4.07. The Labute approximate surface area is 134 Å². The van der Waals surface area contributed by atoms with Crippen LogP contribution in [-0.4, -0.2) is 44.2 Å². The van der Waals surface area contributed by atoms with Crippen molar-refractivity contribution in [1.29, 1.82) is 0 Å². The van der Waals surface area contributed by atoms with Crippen molar-refractivity contribution in [3.8, 4) is 5.75 Å². The second kappa shape index (κ2) is 7.87. The van der Waals surface area contributed by atoms with Gasteiger partial charge in [-0.1, -0.05) is 23.2 Å². The van der Waals surface area contributed by atoms with Gasteiger partial charge in [-0.3, -0.25) is 4.79 Å². The Kier molecular flexibility index (Phi) is 6.15. The fourth-order valence-corrected chi connectivity index (χ4v) is 2.72. The number of hydrogen-bond acceptors (Lipinski definition) is 3. The van der Waals surface area contributed by atoms with Crippen molar-refractivity contribution >= 4 is 29.1 Å². The van der Waals surface area contributed by atoms with E-state index in [9.17, 15) is 4.79 Å². The predicted molar refractivity (Wildman–Crippen MR) is 83.1 cm³/mol. The van der Waals surface area contributed by atoms with Gasteiger partial charge in [0.1, 0.15) is 5.75 Å². The van der Waals surface area contributed by atoms with Crippen molar-refractivity contribution in [3.05, 3.63) is 28.2 Å². The van der Waals surface area contributed by atoms with Gasteiger partial charge >= 0.3 is 0 Å². The Morgan fingerprint density at radius 2 is 2.10 bits per heavy atom. The number of nitrogens with zero attached hydrogens (tertiary/aromatic N) is 1. The summed E-state index contributed by atoms with van der Waals surface area (Å²) in [6, 6.07) is 4.93. The van der Waals surface area contributed by atoms with Crippen LogP contribution in [0, 0.1) is 5.92 Å². The van der Waals surface area contributed by atoms with Gasteiger partial charge in [0.05, 0.1) is 5.02 Å². The lowest BCUT2D eigenvalue weighted by Crippen LogP contribution is -2.36. The van der Waals surface area contributed by atoms with E-state index in [1.54, 1.807) is 30.1 Å². The lowest BCUT2D eigenvalue weighted by atomic mass is 10.00. The molecule has 1 aliphatic rings. The van der Waals surface area contributed by atoms with Gasteiger partial charge in [-0.05, 0) is 37.0 Å². The lowest BCUT2D eigenvalue weighted by molar-refractivity contribution is -0.133. The molecule has 0 aliphatic carbocycles. The zero-order valence-electron chi connectivity index (χ0n) is 12.0. The maximum Gasteiger partial charge on any atom is 0.260 e. The minimum absolute atomic E-state index is 0.0267. The number of ether oxygens (including phenoxy) is 2. The first-order chi connectivity index (χ1) is 10.1. The fourth-order valence-electron chi connectivity index (χ4n) is 2.26. The van der Waals surface area contributed by atoms with Crippen molar-refractivity contribution in [2.24, 2.45) is 5.92 Å². The fraction of sp³-hybridized carbons (Fsp3) is 0.533. The van der Waals surface area contributed by atoms with E-state index in [4.69, 9.17) is 32.7 Å². The molecular weight excluding hydrogens is 313 g/mol. The van der Waals surface area contributed by atoms with E-state index >= 15 is 0 Å². The molecule has 1 fully saturated rings. The average molecular weight is 332 g/mol. The standard InChI is InChI=1S/C15H19Cl2NO3/c1-18(9-11-4-6-20-7-5-11)15(19)10-21-14-3-2-12(16)8-13(14)17/h2-3,8,11H,4-7,9-10H2,1H3. The van der Waals surface area contributed by atoms with Crippen LogP contribution in [0.5, 0.6) is 5.75 Å². The van der Waals surface area contributed by atoms with Crippen LogP contribution in [0.25, 0.3) is 0 Å². The summed E-state index contributed by atoms with van der Waals surface area (Å²) in [7, 11) is 1.80. The van der Waals surface area contributed by atoms with E-state index in [0.717, 1.165) is 32.6 Å². The molecule has 0 bridgehead atoms. The first-order valence-corrected chi connectivity index (χ1v) is 7.71. The number of amides is 1. The predicted octanol–water partition coefficient (Wildman–Crippen LogP) is 3.26. The molecule has 1 aromatic rings. The van der Waals surface area contributed by atoms with E-state index in [0.29, 0.717) is 21.7 Å². The smallest absolute Gasteiger partial charge is 0.260 e. The average Bonchev–Trinajstić information content (AvgIpc) is 2.47. The summed E-state index contributed by atoms with van der Waals surface area (Å²) in [5.74, 6) is 0.910. The molecule has 0 radical (unpaired) electrons. The number of likely N-dealkylation sites (N-methyl/N-ethyl adjacent to an activating group) is 1. The van der Waals surface area contributed by atoms with Gasteiger partial charge in [0.2, 0.25) is 0 Å². The number of halogens is 2. The van der Waals surface area contributed by atoms with Crippen LogP contribution in [0.4, 0.5) is 0 Å². The SMILES string of the molecule is CN(CC1CCOCC1)C(=O)COc1ccc(Cl)cc1Cl. The summed E-state index contributed by atoms with van der Waals surface area (Å²) in [6.07, 6.45) is 2.00. The first-order valence-electron chi connectivity index (χ1n) is 6.96. The van der Waals surface area contributed by atoms with Crippen molar-refractivity contribution in [3.63, 3.8) is 0 Å². The number of benzene rings is 1. The van der Waals surface area contributed by atoms with E-state index in [2.05, 4.69) is 0 Å². The molecule has 0 aromatic heterocycles. The van der Waals surface area contributed by atoms with Crippen molar-refractivity contribution in [1.82, 2.24) is 4.90 Å². The zero-order valence-corrected chi connectivity index (χ0v) is 13.5. The highest BCUT2D eigenvalue weighted by Crippen LogP contribution is 2.27. The molecule has 1 heterocycles. The normalized spacial score (nSPS) is 15.8. The largest absolute Gasteiger partial charge is 0.482 e. The molecule has 1 aliphatic heterocycles. The van der Waals surface area contributed by atoms with Crippen LogP contribution in [0.3, 0.4) is 0 Å². The van der Waals surface area contributed by atoms with E-state index in [-0.39, 0.29) is 12.5 Å². The highest BCUT2D eigenvalue weighted by atomic mass is 35.5. The summed E-state index contributed by atoms with van der Waals surface area (Å²) in [5.41, 5.74) is 0. The minimum atomic E-state index is -0.0625. The molecule has 116 valence electrons. The Morgan fingerprint density at radius 3 is 2.76 bits per heavy atom. The molecule has 0 atom stereocenters. The highest BCUT2D eigenvalue weighted by Gasteiger charge is 2.19. The number of carbonyl (C=O) groups excluding carboxylic acids is 1. The third kappa shape index (κ3) is 5.06. The summed E-state index contributed by atoms with van der Waals surface area (Å²) in [6.45, 7) is 2.27. The maximum atomic E-state index is 12.1. The van der Waals surface area contributed by atoms with Crippen LogP contribution in [0.15, 0.2) is 18.2 Å². The summed E-state index contributed by atoms with van der Waals surface area (Å²) in [5, 5.41) is 0.942. The molecule has 1 saturated heterocycles. The molecule has 21 heavy (non-hydrogen) atoms. The molecule has 1 aromatic carbocycles. The number of hydrogen-bond donors (Lipinski definition) is 0. The van der Waals surface area contributed by atoms with E-state index in [1.165, 1.54) is 0 Å². The van der Waals surface area contributed by atoms with Crippen molar-refractivity contribution in [2.45, 2.75) is 12.8 Å². The van der Waals surface area contributed by atoms with Crippen LogP contribution in [-0.2, 0) is 9.53 Å². The highest BCUT2D eigenvalue weighted by molar-refractivity contribution is 6.35. The molecule has 0 unspecified atom stereocenters. The van der Waals surface area contributed by atoms with Crippen LogP contribution < -0.4 is 4.74 Å². The van der Waals surface area contributed by atoms with Gasteiger partial charge in [0.15, 0.2) is 6.61 Å². The lowest BCUT2D eigenvalue weighted by Gasteiger charge is -2.27. The van der Waals surface area contributed by atoms with Crippen molar-refractivity contribution in [2.75, 3.05) is 33.4 Å². The summed E-state index contributed by atoms with van der Waals surface area (Å²) >= 11 is 11.8. The van der Waals surface area contributed by atoms with Crippen LogP contribution in [0.2, 0.25) is 10.0 Å². The second-order valence-corrected chi connectivity index (χ2v) is 6.04. The summed E-state index contributed by atoms with van der Waals surface area (Å²) in [4.78, 5) is 13.8. The van der Waals surface area contributed by atoms with E-state index < -0.39 is 0 Å². The monoisotopic (exact) mass is 331 g/mol. The second-order valence-electron chi connectivity index (χ2n) is 5.19. The zero-order chi connectivity index (χ0) is 15.2. The van der Waals surface area contributed by atoms with Gasteiger partial charge in [-0.25, -0.2) is 0 Å². The molecule has 0 spiro atoms. The Bertz CT molecular complexity index is 490. The van der Waals surface area contributed by atoms with Gasteiger partial charge in [-0.2, -0.15) is 0 Å². The Balaban J connectivity index is 1.80. The first kappa shape index (κ1) is 16.4. The van der Waals surface area contributed by atoms with E-state index in [1.807, 2.05) is 0 Å². The molecule has 0 N–H and O–H groups in total. The van der Waals surface area contributed by atoms with Gasteiger partial charge in [0.25, 0.3) is 5.91 Å². The Hall–Kier alpha value is -0.970. The third-order valence-electron chi connectivity index (χ3n) is 3.54. The maximum absolute atomic E-state index is 12.1. The van der Waals surface area contributed by atoms with Crippen molar-refractivity contribution < 1.29 is 14.3 Å². The molecule has 0 saturated carbocycles. The minimum Gasteiger partial charge on any atom is -0.482 e. The molecular formula is C15H19Cl2NO3. The molecule has 1 amide bonds. The van der Waals surface area contributed by atoms with Gasteiger partial charge in [0, 0.05) is 31.8 Å². The Morgan fingerprint density at radius 1 is 1.38 bits per heavy atom. The quantitative estimate of drug-likeness (QED) is 0.831. The molecule has 6 heteroatoms. The number of rotatable bonds is 5.